The standard InChI is InChI=1S/C12H15N3O2/c1-8-4-11(15(2)14-8)12(16)9-5-10(17-3)7-13-6-9/h4-7,12,16H,1-3H3. The Balaban J connectivity index is 2.36. The van der Waals surface area contributed by atoms with Gasteiger partial charge in [-0.2, -0.15) is 5.10 Å². The maximum atomic E-state index is 10.2. The molecule has 2 aromatic heterocycles. The Morgan fingerprint density at radius 3 is 2.71 bits per heavy atom. The van der Waals surface area contributed by atoms with E-state index in [9.17, 15) is 5.11 Å². The highest BCUT2D eigenvalue weighted by molar-refractivity contribution is 5.30. The van der Waals surface area contributed by atoms with Crippen LogP contribution in [-0.2, 0) is 7.05 Å². The fourth-order valence-corrected chi connectivity index (χ4v) is 1.75. The van der Waals surface area contributed by atoms with Crippen molar-refractivity contribution in [3.63, 3.8) is 0 Å². The number of aliphatic hydroxyl groups excluding tert-OH is 1. The number of hydrogen-bond donors (Lipinski definition) is 1. The summed E-state index contributed by atoms with van der Waals surface area (Å²) in [5.41, 5.74) is 2.29. The number of aryl methyl sites for hydroxylation is 2. The smallest absolute Gasteiger partial charge is 0.137 e. The maximum Gasteiger partial charge on any atom is 0.137 e. The third-order valence-corrected chi connectivity index (χ3v) is 2.60. The van der Waals surface area contributed by atoms with E-state index in [-0.39, 0.29) is 0 Å². The number of ether oxygens (including phenoxy) is 1. The van der Waals surface area contributed by atoms with Gasteiger partial charge in [0, 0.05) is 18.8 Å². The lowest BCUT2D eigenvalue weighted by Crippen LogP contribution is -2.07. The molecule has 5 heteroatoms. The van der Waals surface area contributed by atoms with Crippen LogP contribution in [-0.4, -0.2) is 27.0 Å². The van der Waals surface area contributed by atoms with Crippen molar-refractivity contribution in [2.45, 2.75) is 13.0 Å². The van der Waals surface area contributed by atoms with Gasteiger partial charge >= 0.3 is 0 Å². The number of methoxy groups -OCH3 is 1. The van der Waals surface area contributed by atoms with Gasteiger partial charge in [-0.1, -0.05) is 0 Å². The summed E-state index contributed by atoms with van der Waals surface area (Å²) in [6.45, 7) is 1.89. The van der Waals surface area contributed by atoms with Crippen molar-refractivity contribution < 1.29 is 9.84 Å². The predicted octanol–water partition coefficient (Wildman–Crippen LogP) is 1.21. The normalized spacial score (nSPS) is 12.5. The summed E-state index contributed by atoms with van der Waals surface area (Å²) in [6, 6.07) is 3.62. The molecule has 0 bridgehead atoms. The predicted molar refractivity (Wildman–Crippen MR) is 62.8 cm³/mol. The Hall–Kier alpha value is -1.88. The monoisotopic (exact) mass is 233 g/mol. The summed E-state index contributed by atoms with van der Waals surface area (Å²) in [4.78, 5) is 4.02. The van der Waals surface area contributed by atoms with Crippen molar-refractivity contribution >= 4 is 0 Å². The Bertz CT molecular complexity index is 522. The molecule has 17 heavy (non-hydrogen) atoms. The Kier molecular flexibility index (Phi) is 3.10. The summed E-state index contributed by atoms with van der Waals surface area (Å²) < 4.78 is 6.75. The molecule has 0 fully saturated rings. The highest BCUT2D eigenvalue weighted by Crippen LogP contribution is 2.24. The summed E-state index contributed by atoms with van der Waals surface area (Å²) in [5.74, 6) is 0.625. The second-order valence-electron chi connectivity index (χ2n) is 3.89. The number of rotatable bonds is 3. The van der Waals surface area contributed by atoms with Gasteiger partial charge in [-0.15, -0.1) is 0 Å². The lowest BCUT2D eigenvalue weighted by molar-refractivity contribution is 0.209. The molecule has 0 aliphatic carbocycles. The molecule has 1 atom stereocenters. The molecular weight excluding hydrogens is 218 g/mol. The zero-order valence-electron chi connectivity index (χ0n) is 10.1. The fourth-order valence-electron chi connectivity index (χ4n) is 1.75. The molecule has 0 saturated carbocycles. The molecule has 0 saturated heterocycles. The number of hydrogen-bond acceptors (Lipinski definition) is 4. The van der Waals surface area contributed by atoms with Gasteiger partial charge in [0.05, 0.1) is 24.7 Å². The fraction of sp³-hybridized carbons (Fsp3) is 0.333. The largest absolute Gasteiger partial charge is 0.495 e. The molecule has 2 rings (SSSR count). The highest BCUT2D eigenvalue weighted by Gasteiger charge is 2.16. The first-order chi connectivity index (χ1) is 8.11. The van der Waals surface area contributed by atoms with E-state index in [2.05, 4.69) is 10.1 Å². The minimum absolute atomic E-state index is 0.625. The van der Waals surface area contributed by atoms with Gasteiger partial charge in [0.15, 0.2) is 0 Å². The molecule has 90 valence electrons. The van der Waals surface area contributed by atoms with Crippen LogP contribution in [0.2, 0.25) is 0 Å². The number of nitrogens with zero attached hydrogens (tertiary/aromatic N) is 3. The van der Waals surface area contributed by atoms with Crippen LogP contribution in [0.15, 0.2) is 24.5 Å². The molecule has 0 spiro atoms. The average molecular weight is 233 g/mol. The topological polar surface area (TPSA) is 60.2 Å². The van der Waals surface area contributed by atoms with Crippen molar-refractivity contribution in [3.05, 3.63) is 41.5 Å². The van der Waals surface area contributed by atoms with E-state index in [1.165, 1.54) is 0 Å². The van der Waals surface area contributed by atoms with Crippen LogP contribution in [0.4, 0.5) is 0 Å². The molecule has 5 nitrogen and oxygen atoms in total. The minimum Gasteiger partial charge on any atom is -0.495 e. The van der Waals surface area contributed by atoms with Crippen molar-refractivity contribution in [3.8, 4) is 5.75 Å². The van der Waals surface area contributed by atoms with Gasteiger partial charge in [-0.05, 0) is 19.1 Å². The summed E-state index contributed by atoms with van der Waals surface area (Å²) in [7, 11) is 3.38. The van der Waals surface area contributed by atoms with Crippen molar-refractivity contribution in [2.24, 2.45) is 7.05 Å². The molecule has 1 N–H and O–H groups in total. The van der Waals surface area contributed by atoms with Gasteiger partial charge in [-0.25, -0.2) is 0 Å². The zero-order chi connectivity index (χ0) is 12.4. The van der Waals surface area contributed by atoms with Gasteiger partial charge < -0.3 is 9.84 Å². The first-order valence-electron chi connectivity index (χ1n) is 5.29. The van der Waals surface area contributed by atoms with Crippen molar-refractivity contribution in [1.82, 2.24) is 14.8 Å². The maximum absolute atomic E-state index is 10.2. The third-order valence-electron chi connectivity index (χ3n) is 2.60. The van der Waals surface area contributed by atoms with Gasteiger partial charge in [0.1, 0.15) is 11.9 Å². The Labute approximate surface area is 99.7 Å². The second kappa shape index (κ2) is 4.55. The van der Waals surface area contributed by atoms with E-state index in [4.69, 9.17) is 4.74 Å². The van der Waals surface area contributed by atoms with Crippen LogP contribution < -0.4 is 4.74 Å². The minimum atomic E-state index is -0.746. The zero-order valence-corrected chi connectivity index (χ0v) is 10.1. The average Bonchev–Trinajstić information content (AvgIpc) is 2.67. The van der Waals surface area contributed by atoms with Crippen LogP contribution in [0.25, 0.3) is 0 Å². The Morgan fingerprint density at radius 1 is 1.35 bits per heavy atom. The molecule has 2 heterocycles. The van der Waals surface area contributed by atoms with Crippen LogP contribution in [0.5, 0.6) is 5.75 Å². The van der Waals surface area contributed by atoms with Crippen molar-refractivity contribution in [1.29, 1.82) is 0 Å². The van der Waals surface area contributed by atoms with Gasteiger partial charge in [0.25, 0.3) is 0 Å². The highest BCUT2D eigenvalue weighted by atomic mass is 16.5. The summed E-state index contributed by atoms with van der Waals surface area (Å²) in [5, 5.41) is 14.5. The lowest BCUT2D eigenvalue weighted by atomic mass is 10.1. The van der Waals surface area contributed by atoms with E-state index in [0.717, 1.165) is 11.4 Å². The van der Waals surface area contributed by atoms with Crippen LogP contribution in [0.3, 0.4) is 0 Å². The molecule has 2 aromatic rings. The van der Waals surface area contributed by atoms with Crippen LogP contribution in [0.1, 0.15) is 23.1 Å². The molecule has 0 aliphatic heterocycles. The quantitative estimate of drug-likeness (QED) is 0.865. The van der Waals surface area contributed by atoms with Crippen LogP contribution >= 0.6 is 0 Å². The van der Waals surface area contributed by atoms with E-state index in [1.54, 1.807) is 37.3 Å². The van der Waals surface area contributed by atoms with Crippen molar-refractivity contribution in [2.75, 3.05) is 7.11 Å². The van der Waals surface area contributed by atoms with Gasteiger partial charge in [-0.3, -0.25) is 9.67 Å². The summed E-state index contributed by atoms with van der Waals surface area (Å²) >= 11 is 0. The lowest BCUT2D eigenvalue weighted by Gasteiger charge is -2.11. The van der Waals surface area contributed by atoms with E-state index < -0.39 is 6.10 Å². The second-order valence-corrected chi connectivity index (χ2v) is 3.89. The first kappa shape index (κ1) is 11.6. The third kappa shape index (κ3) is 2.29. The van der Waals surface area contributed by atoms with E-state index >= 15 is 0 Å². The van der Waals surface area contributed by atoms with Crippen LogP contribution in [0, 0.1) is 6.92 Å². The Morgan fingerprint density at radius 2 is 2.12 bits per heavy atom. The number of pyridine rings is 1. The molecular formula is C12H15N3O2. The molecule has 0 amide bonds. The van der Waals surface area contributed by atoms with E-state index in [1.807, 2.05) is 13.0 Å². The summed E-state index contributed by atoms with van der Waals surface area (Å²) in [6.07, 6.45) is 2.48. The number of aliphatic hydroxyl groups is 1. The molecule has 0 aliphatic rings. The SMILES string of the molecule is COc1cncc(C(O)c2cc(C)nn2C)c1. The molecule has 1 unspecified atom stereocenters. The number of aromatic nitrogens is 3. The molecule has 0 radical (unpaired) electrons. The molecule has 0 aromatic carbocycles. The van der Waals surface area contributed by atoms with Gasteiger partial charge in [0.2, 0.25) is 0 Å². The van der Waals surface area contributed by atoms with E-state index in [0.29, 0.717) is 11.3 Å². The first-order valence-corrected chi connectivity index (χ1v) is 5.29.